The topological polar surface area (TPSA) is 32.3 Å². The number of nitrogens with one attached hydrogen (secondary N) is 1. The molecule has 4 heteroatoms. The Morgan fingerprint density at radius 2 is 2.33 bits per heavy atom. The van der Waals surface area contributed by atoms with Gasteiger partial charge in [-0.15, -0.1) is 0 Å². The third-order valence-corrected chi connectivity index (χ3v) is 3.42. The van der Waals surface area contributed by atoms with Gasteiger partial charge in [-0.1, -0.05) is 0 Å². The fourth-order valence-electron chi connectivity index (χ4n) is 1.93. The molecule has 1 aromatic carbocycles. The van der Waals surface area contributed by atoms with Gasteiger partial charge in [-0.05, 0) is 59.4 Å². The lowest BCUT2D eigenvalue weighted by Crippen LogP contribution is -2.11. The zero-order chi connectivity index (χ0) is 10.8. The molecule has 0 radical (unpaired) electrons. The van der Waals surface area contributed by atoms with Crippen molar-refractivity contribution in [2.45, 2.75) is 12.8 Å². The van der Waals surface area contributed by atoms with Crippen LogP contribution in [0.15, 0.2) is 16.6 Å². The SMILES string of the molecule is Oc1cc(F)c(CC2CCNC2)cc1Br. The Balaban J connectivity index is 2.16. The predicted octanol–water partition coefficient (Wildman–Crippen LogP) is 2.45. The molecule has 1 aliphatic rings. The minimum Gasteiger partial charge on any atom is -0.507 e. The van der Waals surface area contributed by atoms with Crippen molar-refractivity contribution in [1.82, 2.24) is 5.32 Å². The van der Waals surface area contributed by atoms with E-state index < -0.39 is 0 Å². The van der Waals surface area contributed by atoms with E-state index in [4.69, 9.17) is 0 Å². The molecule has 1 aliphatic heterocycles. The van der Waals surface area contributed by atoms with Crippen LogP contribution in [0.2, 0.25) is 0 Å². The van der Waals surface area contributed by atoms with Crippen molar-refractivity contribution in [2.24, 2.45) is 5.92 Å². The van der Waals surface area contributed by atoms with E-state index in [0.717, 1.165) is 25.9 Å². The minimum atomic E-state index is -0.317. The van der Waals surface area contributed by atoms with Crippen LogP contribution in [0.25, 0.3) is 0 Å². The molecule has 1 heterocycles. The van der Waals surface area contributed by atoms with Crippen molar-refractivity contribution >= 4 is 15.9 Å². The van der Waals surface area contributed by atoms with E-state index in [-0.39, 0.29) is 11.6 Å². The van der Waals surface area contributed by atoms with E-state index in [9.17, 15) is 9.50 Å². The number of phenolic OH excluding ortho intramolecular Hbond substituents is 1. The van der Waals surface area contributed by atoms with Gasteiger partial charge in [0.05, 0.1) is 4.47 Å². The van der Waals surface area contributed by atoms with Gasteiger partial charge in [0.25, 0.3) is 0 Å². The Bertz CT molecular complexity index is 364. The first-order valence-corrected chi connectivity index (χ1v) is 5.83. The van der Waals surface area contributed by atoms with Crippen LogP contribution in [0.4, 0.5) is 4.39 Å². The Labute approximate surface area is 96.6 Å². The molecule has 0 saturated carbocycles. The molecule has 1 saturated heterocycles. The minimum absolute atomic E-state index is 0.0409. The van der Waals surface area contributed by atoms with Crippen LogP contribution in [-0.4, -0.2) is 18.2 Å². The fourth-order valence-corrected chi connectivity index (χ4v) is 2.32. The number of aromatic hydroxyl groups is 1. The summed E-state index contributed by atoms with van der Waals surface area (Å²) in [4.78, 5) is 0. The average molecular weight is 274 g/mol. The van der Waals surface area contributed by atoms with Crippen LogP contribution in [-0.2, 0) is 6.42 Å². The normalized spacial score (nSPS) is 20.8. The van der Waals surface area contributed by atoms with Crippen molar-refractivity contribution in [3.05, 3.63) is 28.0 Å². The fraction of sp³-hybridized carbons (Fsp3) is 0.455. The molecule has 1 atom stereocenters. The third kappa shape index (κ3) is 2.49. The van der Waals surface area contributed by atoms with Gasteiger partial charge in [0.2, 0.25) is 0 Å². The van der Waals surface area contributed by atoms with Crippen LogP contribution >= 0.6 is 15.9 Å². The standard InChI is InChI=1S/C11H13BrFNO/c12-9-4-8(10(13)5-11(9)15)3-7-1-2-14-6-7/h4-5,7,14-15H,1-3,6H2. The molecule has 0 aliphatic carbocycles. The highest BCUT2D eigenvalue weighted by Gasteiger charge is 2.17. The molecule has 0 amide bonds. The zero-order valence-corrected chi connectivity index (χ0v) is 9.85. The van der Waals surface area contributed by atoms with Crippen LogP contribution in [0.3, 0.4) is 0 Å². The number of phenols is 1. The highest BCUT2D eigenvalue weighted by molar-refractivity contribution is 9.10. The van der Waals surface area contributed by atoms with E-state index in [1.807, 2.05) is 0 Å². The zero-order valence-electron chi connectivity index (χ0n) is 8.26. The largest absolute Gasteiger partial charge is 0.507 e. The highest BCUT2D eigenvalue weighted by atomic mass is 79.9. The number of rotatable bonds is 2. The Morgan fingerprint density at radius 1 is 1.53 bits per heavy atom. The predicted molar refractivity (Wildman–Crippen MR) is 60.4 cm³/mol. The number of hydrogen-bond acceptors (Lipinski definition) is 2. The summed E-state index contributed by atoms with van der Waals surface area (Å²) in [6.45, 7) is 1.98. The van der Waals surface area contributed by atoms with Gasteiger partial charge in [0, 0.05) is 6.07 Å². The molecular weight excluding hydrogens is 261 g/mol. The van der Waals surface area contributed by atoms with Gasteiger partial charge in [-0.25, -0.2) is 4.39 Å². The van der Waals surface area contributed by atoms with Crippen LogP contribution in [0.1, 0.15) is 12.0 Å². The summed E-state index contributed by atoms with van der Waals surface area (Å²) in [7, 11) is 0. The van der Waals surface area contributed by atoms with Crippen molar-refractivity contribution in [3.8, 4) is 5.75 Å². The second-order valence-electron chi connectivity index (χ2n) is 3.96. The van der Waals surface area contributed by atoms with E-state index in [1.165, 1.54) is 6.07 Å². The lowest BCUT2D eigenvalue weighted by molar-refractivity contribution is 0.462. The lowest BCUT2D eigenvalue weighted by Gasteiger charge is -2.10. The van der Waals surface area contributed by atoms with Crippen molar-refractivity contribution in [3.63, 3.8) is 0 Å². The van der Waals surface area contributed by atoms with Crippen molar-refractivity contribution in [1.29, 1.82) is 0 Å². The van der Waals surface area contributed by atoms with Crippen molar-refractivity contribution in [2.75, 3.05) is 13.1 Å². The van der Waals surface area contributed by atoms with Gasteiger partial charge in [0.1, 0.15) is 11.6 Å². The highest BCUT2D eigenvalue weighted by Crippen LogP contribution is 2.28. The number of benzene rings is 1. The molecule has 15 heavy (non-hydrogen) atoms. The summed E-state index contributed by atoms with van der Waals surface area (Å²) < 4.78 is 14.0. The maximum atomic E-state index is 13.5. The Hall–Kier alpha value is -0.610. The molecule has 1 fully saturated rings. The maximum Gasteiger partial charge on any atom is 0.132 e. The molecule has 0 spiro atoms. The summed E-state index contributed by atoms with van der Waals surface area (Å²) in [5.74, 6) is 0.152. The van der Waals surface area contributed by atoms with E-state index in [1.54, 1.807) is 6.07 Å². The summed E-state index contributed by atoms with van der Waals surface area (Å²) in [6.07, 6.45) is 1.83. The summed E-state index contributed by atoms with van der Waals surface area (Å²) >= 11 is 3.20. The third-order valence-electron chi connectivity index (χ3n) is 2.79. The first-order chi connectivity index (χ1) is 7.16. The summed E-state index contributed by atoms with van der Waals surface area (Å²) in [5.41, 5.74) is 0.674. The quantitative estimate of drug-likeness (QED) is 0.868. The average Bonchev–Trinajstić information content (AvgIpc) is 2.67. The van der Waals surface area contributed by atoms with E-state index in [0.29, 0.717) is 16.0 Å². The summed E-state index contributed by atoms with van der Waals surface area (Å²) in [6, 6.07) is 2.84. The molecule has 0 bridgehead atoms. The number of hydrogen-bond donors (Lipinski definition) is 2. The first-order valence-electron chi connectivity index (χ1n) is 5.04. The molecule has 82 valence electrons. The number of halogens is 2. The molecule has 2 nitrogen and oxygen atoms in total. The van der Waals surface area contributed by atoms with Crippen molar-refractivity contribution < 1.29 is 9.50 Å². The Kier molecular flexibility index (Phi) is 3.26. The van der Waals surface area contributed by atoms with E-state index >= 15 is 0 Å². The van der Waals surface area contributed by atoms with Gasteiger partial charge in [-0.2, -0.15) is 0 Å². The molecule has 1 unspecified atom stereocenters. The smallest absolute Gasteiger partial charge is 0.132 e. The lowest BCUT2D eigenvalue weighted by atomic mass is 9.98. The first kappa shape index (κ1) is 10.9. The molecular formula is C11H13BrFNO. The van der Waals surface area contributed by atoms with Crippen LogP contribution < -0.4 is 5.32 Å². The van der Waals surface area contributed by atoms with Gasteiger partial charge >= 0.3 is 0 Å². The van der Waals surface area contributed by atoms with Gasteiger partial charge < -0.3 is 10.4 Å². The van der Waals surface area contributed by atoms with Gasteiger partial charge in [-0.3, -0.25) is 0 Å². The molecule has 0 aromatic heterocycles. The monoisotopic (exact) mass is 273 g/mol. The maximum absolute atomic E-state index is 13.5. The van der Waals surface area contributed by atoms with E-state index in [2.05, 4.69) is 21.2 Å². The second-order valence-corrected chi connectivity index (χ2v) is 4.81. The molecule has 2 rings (SSSR count). The summed E-state index contributed by atoms with van der Waals surface area (Å²) in [5, 5.41) is 12.5. The molecule has 1 aromatic rings. The van der Waals surface area contributed by atoms with Crippen LogP contribution in [0, 0.1) is 11.7 Å². The second kappa shape index (κ2) is 4.49. The molecule has 2 N–H and O–H groups in total. The van der Waals surface area contributed by atoms with Gasteiger partial charge in [0.15, 0.2) is 0 Å². The van der Waals surface area contributed by atoms with Crippen LogP contribution in [0.5, 0.6) is 5.75 Å². The Morgan fingerprint density at radius 3 is 3.00 bits per heavy atom.